The number of hydrogen-bond donors (Lipinski definition) is 1. The second-order valence-electron chi connectivity index (χ2n) is 3.91. The summed E-state index contributed by atoms with van der Waals surface area (Å²) in [6.07, 6.45) is 1.66. The van der Waals surface area contributed by atoms with Gasteiger partial charge in [0, 0.05) is 22.4 Å². The van der Waals surface area contributed by atoms with E-state index in [9.17, 15) is 4.79 Å². The number of carboxylic acids is 1. The Morgan fingerprint density at radius 3 is 2.95 bits per heavy atom. The summed E-state index contributed by atoms with van der Waals surface area (Å²) in [4.78, 5) is 16.0. The molecule has 0 saturated carbocycles. The standard InChI is InChI=1S/C14H12ClNO3S/c1-19-13-9(3-2-6-16-13)8-20-10-4-5-12(15)11(7-10)14(17)18/h2-7H,8H2,1H3,(H,17,18). The van der Waals surface area contributed by atoms with E-state index in [1.807, 2.05) is 12.1 Å². The van der Waals surface area contributed by atoms with Crippen molar-refractivity contribution in [1.82, 2.24) is 4.98 Å². The minimum absolute atomic E-state index is 0.106. The molecular weight excluding hydrogens is 298 g/mol. The third-order valence-electron chi connectivity index (χ3n) is 2.61. The number of halogens is 1. The van der Waals surface area contributed by atoms with Crippen molar-refractivity contribution in [1.29, 1.82) is 0 Å². The molecule has 4 nitrogen and oxygen atoms in total. The first kappa shape index (κ1) is 14.7. The lowest BCUT2D eigenvalue weighted by Gasteiger charge is -2.07. The van der Waals surface area contributed by atoms with Crippen molar-refractivity contribution in [2.45, 2.75) is 10.6 Å². The second kappa shape index (κ2) is 6.63. The van der Waals surface area contributed by atoms with Crippen LogP contribution in [0.3, 0.4) is 0 Å². The van der Waals surface area contributed by atoms with Crippen molar-refractivity contribution in [3.8, 4) is 5.88 Å². The molecule has 0 atom stereocenters. The third-order valence-corrected chi connectivity index (χ3v) is 3.98. The quantitative estimate of drug-likeness (QED) is 0.853. The Morgan fingerprint density at radius 1 is 1.45 bits per heavy atom. The van der Waals surface area contributed by atoms with Gasteiger partial charge in [-0.3, -0.25) is 0 Å². The van der Waals surface area contributed by atoms with Gasteiger partial charge in [0.15, 0.2) is 0 Å². The average Bonchev–Trinajstić information content (AvgIpc) is 2.46. The van der Waals surface area contributed by atoms with Crippen LogP contribution in [0.15, 0.2) is 41.4 Å². The molecule has 0 bridgehead atoms. The van der Waals surface area contributed by atoms with Gasteiger partial charge in [0.25, 0.3) is 0 Å². The number of carboxylic acid groups (broad SMARTS) is 1. The van der Waals surface area contributed by atoms with Gasteiger partial charge in [-0.05, 0) is 24.3 Å². The van der Waals surface area contributed by atoms with Gasteiger partial charge in [-0.15, -0.1) is 11.8 Å². The normalized spacial score (nSPS) is 10.3. The fourth-order valence-electron chi connectivity index (χ4n) is 1.64. The number of benzene rings is 1. The largest absolute Gasteiger partial charge is 0.481 e. The molecule has 0 aliphatic rings. The molecule has 1 heterocycles. The van der Waals surface area contributed by atoms with Crippen molar-refractivity contribution in [3.63, 3.8) is 0 Å². The lowest BCUT2D eigenvalue weighted by molar-refractivity contribution is 0.0697. The van der Waals surface area contributed by atoms with Crippen LogP contribution in [-0.2, 0) is 5.75 Å². The Bertz CT molecular complexity index is 634. The number of ether oxygens (including phenoxy) is 1. The third kappa shape index (κ3) is 3.43. The highest BCUT2D eigenvalue weighted by atomic mass is 35.5. The molecule has 0 fully saturated rings. The molecule has 0 unspecified atom stereocenters. The minimum Gasteiger partial charge on any atom is -0.481 e. The van der Waals surface area contributed by atoms with Gasteiger partial charge in [-0.2, -0.15) is 0 Å². The van der Waals surface area contributed by atoms with Crippen molar-refractivity contribution in [2.24, 2.45) is 0 Å². The van der Waals surface area contributed by atoms with Gasteiger partial charge >= 0.3 is 5.97 Å². The topological polar surface area (TPSA) is 59.4 Å². The maximum atomic E-state index is 11.0. The van der Waals surface area contributed by atoms with Crippen LogP contribution in [0.25, 0.3) is 0 Å². The Kier molecular flexibility index (Phi) is 4.87. The summed E-state index contributed by atoms with van der Waals surface area (Å²) in [5.74, 6) is 0.182. The minimum atomic E-state index is -1.03. The number of nitrogens with zero attached hydrogens (tertiary/aromatic N) is 1. The Labute approximate surface area is 125 Å². The Hall–Kier alpha value is -1.72. The fraction of sp³-hybridized carbons (Fsp3) is 0.143. The van der Waals surface area contributed by atoms with Crippen molar-refractivity contribution < 1.29 is 14.6 Å². The Balaban J connectivity index is 2.15. The number of thioether (sulfide) groups is 1. The van der Waals surface area contributed by atoms with Crippen molar-refractivity contribution in [3.05, 3.63) is 52.7 Å². The maximum Gasteiger partial charge on any atom is 0.337 e. The molecular formula is C14H12ClNO3S. The smallest absolute Gasteiger partial charge is 0.337 e. The summed E-state index contributed by atoms with van der Waals surface area (Å²) in [6, 6.07) is 8.71. The number of methoxy groups -OCH3 is 1. The predicted molar refractivity (Wildman–Crippen MR) is 78.8 cm³/mol. The van der Waals surface area contributed by atoms with Crippen LogP contribution in [0.2, 0.25) is 5.02 Å². The van der Waals surface area contributed by atoms with Crippen molar-refractivity contribution >= 4 is 29.3 Å². The van der Waals surface area contributed by atoms with Gasteiger partial charge in [0.2, 0.25) is 5.88 Å². The van der Waals surface area contributed by atoms with Gasteiger partial charge in [0.05, 0.1) is 17.7 Å². The number of hydrogen-bond acceptors (Lipinski definition) is 4. The SMILES string of the molecule is COc1ncccc1CSc1ccc(Cl)c(C(=O)O)c1. The molecule has 2 rings (SSSR count). The molecule has 0 aliphatic carbocycles. The Morgan fingerprint density at radius 2 is 2.25 bits per heavy atom. The maximum absolute atomic E-state index is 11.0. The molecule has 1 aromatic carbocycles. The van der Waals surface area contributed by atoms with E-state index in [2.05, 4.69) is 4.98 Å². The molecule has 2 aromatic rings. The lowest BCUT2D eigenvalue weighted by Crippen LogP contribution is -1.97. The fourth-order valence-corrected chi connectivity index (χ4v) is 2.74. The first-order chi connectivity index (χ1) is 9.61. The number of aromatic nitrogens is 1. The molecule has 0 saturated heterocycles. The van der Waals surface area contributed by atoms with Crippen LogP contribution in [0, 0.1) is 0 Å². The molecule has 1 aromatic heterocycles. The van der Waals surface area contributed by atoms with E-state index in [4.69, 9.17) is 21.4 Å². The highest BCUT2D eigenvalue weighted by Gasteiger charge is 2.10. The first-order valence-electron chi connectivity index (χ1n) is 5.75. The number of aromatic carboxylic acids is 1. The van der Waals surface area contributed by atoms with E-state index < -0.39 is 5.97 Å². The average molecular weight is 310 g/mol. The van der Waals surface area contributed by atoms with E-state index in [-0.39, 0.29) is 10.6 Å². The van der Waals surface area contributed by atoms with Crippen molar-refractivity contribution in [2.75, 3.05) is 7.11 Å². The van der Waals surface area contributed by atoms with Crippen LogP contribution in [-0.4, -0.2) is 23.2 Å². The van der Waals surface area contributed by atoms with Crippen LogP contribution >= 0.6 is 23.4 Å². The zero-order valence-corrected chi connectivity index (χ0v) is 12.2. The highest BCUT2D eigenvalue weighted by Crippen LogP contribution is 2.29. The van der Waals surface area contributed by atoms with Crippen LogP contribution in [0.4, 0.5) is 0 Å². The van der Waals surface area contributed by atoms with E-state index in [1.54, 1.807) is 31.5 Å². The lowest BCUT2D eigenvalue weighted by atomic mass is 10.2. The van der Waals surface area contributed by atoms with Crippen LogP contribution in [0.1, 0.15) is 15.9 Å². The molecule has 0 spiro atoms. The van der Waals surface area contributed by atoms with E-state index in [1.165, 1.54) is 11.8 Å². The molecule has 0 radical (unpaired) electrons. The predicted octanol–water partition coefficient (Wildman–Crippen LogP) is 3.73. The molecule has 6 heteroatoms. The zero-order valence-electron chi connectivity index (χ0n) is 10.7. The van der Waals surface area contributed by atoms with Gasteiger partial charge in [-0.1, -0.05) is 17.7 Å². The summed E-state index contributed by atoms with van der Waals surface area (Å²) >= 11 is 7.34. The van der Waals surface area contributed by atoms with Gasteiger partial charge in [-0.25, -0.2) is 9.78 Å². The van der Waals surface area contributed by atoms with E-state index in [0.29, 0.717) is 11.6 Å². The zero-order chi connectivity index (χ0) is 14.5. The summed E-state index contributed by atoms with van der Waals surface area (Å²) in [6.45, 7) is 0. The molecule has 1 N–H and O–H groups in total. The molecule has 20 heavy (non-hydrogen) atoms. The second-order valence-corrected chi connectivity index (χ2v) is 5.36. The van der Waals surface area contributed by atoms with E-state index >= 15 is 0 Å². The summed E-state index contributed by atoms with van der Waals surface area (Å²) in [5.41, 5.74) is 1.06. The van der Waals surface area contributed by atoms with Crippen LogP contribution in [0.5, 0.6) is 5.88 Å². The number of rotatable bonds is 5. The summed E-state index contributed by atoms with van der Waals surface area (Å²) in [7, 11) is 1.57. The first-order valence-corrected chi connectivity index (χ1v) is 7.11. The molecule has 104 valence electrons. The number of carbonyl (C=O) groups is 1. The monoisotopic (exact) mass is 309 g/mol. The molecule has 0 aliphatic heterocycles. The van der Waals surface area contributed by atoms with Gasteiger partial charge in [0.1, 0.15) is 0 Å². The van der Waals surface area contributed by atoms with Gasteiger partial charge < -0.3 is 9.84 Å². The van der Waals surface area contributed by atoms with Crippen LogP contribution < -0.4 is 4.74 Å². The highest BCUT2D eigenvalue weighted by molar-refractivity contribution is 7.98. The molecule has 0 amide bonds. The summed E-state index contributed by atoms with van der Waals surface area (Å²) in [5, 5.41) is 9.27. The van der Waals surface area contributed by atoms with E-state index in [0.717, 1.165) is 10.5 Å². The summed E-state index contributed by atoms with van der Waals surface area (Å²) < 4.78 is 5.18. The number of pyridine rings is 1.